The summed E-state index contributed by atoms with van der Waals surface area (Å²) in [5.74, 6) is 1.99. The molecule has 2 aromatic heterocycles. The first kappa shape index (κ1) is 37.8. The molecule has 0 atom stereocenters. The molecule has 0 fully saturated rings. The van der Waals surface area contributed by atoms with Gasteiger partial charge in [0, 0.05) is 56.6 Å². The van der Waals surface area contributed by atoms with E-state index in [1.54, 1.807) is 0 Å². The summed E-state index contributed by atoms with van der Waals surface area (Å²) in [6, 6.07) is 45.8. The van der Waals surface area contributed by atoms with Gasteiger partial charge >= 0.3 is 0 Å². The highest BCUT2D eigenvalue weighted by Gasteiger charge is 2.48. The molecule has 61 heavy (non-hydrogen) atoms. The Morgan fingerprint density at radius 1 is 0.377 bits per heavy atom. The lowest BCUT2D eigenvalue weighted by molar-refractivity contribution is 0.562. The number of aromatic nitrogens is 2. The van der Waals surface area contributed by atoms with E-state index in [0.717, 1.165) is 23.0 Å². The molecule has 0 aliphatic carbocycles. The monoisotopic (exact) mass is 797 g/mol. The summed E-state index contributed by atoms with van der Waals surface area (Å²) in [6.07, 6.45) is 3.89. The van der Waals surface area contributed by atoms with Crippen LogP contribution in [0.2, 0.25) is 0 Å². The highest BCUT2D eigenvalue weighted by Crippen LogP contribution is 2.62. The van der Waals surface area contributed by atoms with Crippen LogP contribution in [0.5, 0.6) is 0 Å². The van der Waals surface area contributed by atoms with Crippen molar-refractivity contribution in [2.45, 2.75) is 103 Å². The predicted octanol–water partition coefficient (Wildman–Crippen LogP) is 14.7. The van der Waals surface area contributed by atoms with Gasteiger partial charge in [-0.15, -0.1) is 0 Å². The molecule has 5 aromatic carbocycles. The van der Waals surface area contributed by atoms with Crippen molar-refractivity contribution in [1.82, 2.24) is 9.97 Å². The van der Waals surface area contributed by atoms with E-state index in [-0.39, 0.29) is 27.1 Å². The zero-order chi connectivity index (χ0) is 42.6. The normalized spacial score (nSPS) is 17.9. The second-order valence-corrected chi connectivity index (χ2v) is 20.9. The van der Waals surface area contributed by atoms with E-state index < -0.39 is 0 Å². The van der Waals surface area contributed by atoms with Gasteiger partial charge in [0.15, 0.2) is 0 Å². The largest absolute Gasteiger partial charge is 0.310 e. The Kier molecular flexibility index (Phi) is 7.57. The molecule has 7 aromatic rings. The van der Waals surface area contributed by atoms with Crippen LogP contribution in [0.3, 0.4) is 0 Å². The fourth-order valence-corrected chi connectivity index (χ4v) is 11.2. The number of rotatable bonds is 2. The zero-order valence-electron chi connectivity index (χ0n) is 37.4. The van der Waals surface area contributed by atoms with Crippen molar-refractivity contribution in [3.63, 3.8) is 0 Å². The minimum Gasteiger partial charge on any atom is -0.310 e. The van der Waals surface area contributed by atoms with Gasteiger partial charge in [0.05, 0.1) is 28.4 Å². The van der Waals surface area contributed by atoms with Crippen molar-refractivity contribution >= 4 is 51.4 Å². The highest BCUT2D eigenvalue weighted by atomic mass is 15.2. The quantitative estimate of drug-likeness (QED) is 0.174. The SMILES string of the molecule is CC(C)(C)c1cc2c3c(c1)C(C)(C)c1cccnc1N3c1cc(N3c4ccccc4C(C)(C)c4ccc(N5c6ccccc6C(C)(C)c6cccnc65)cc43)ccc1C2(C)C. The maximum Gasteiger partial charge on any atom is 0.141 e. The van der Waals surface area contributed by atoms with Crippen LogP contribution in [0.1, 0.15) is 126 Å². The summed E-state index contributed by atoms with van der Waals surface area (Å²) in [6.45, 7) is 26.0. The molecular formula is C56H55N5. The number of pyridine rings is 2. The Balaban J connectivity index is 1.16. The molecule has 0 saturated heterocycles. The fourth-order valence-electron chi connectivity index (χ4n) is 11.2. The third kappa shape index (κ3) is 5.01. The van der Waals surface area contributed by atoms with E-state index in [2.05, 4.69) is 212 Å². The van der Waals surface area contributed by atoms with Crippen molar-refractivity contribution in [2.24, 2.45) is 0 Å². The third-order valence-corrected chi connectivity index (χ3v) is 14.8. The van der Waals surface area contributed by atoms with Crippen molar-refractivity contribution in [3.05, 3.63) is 184 Å². The Bertz CT molecular complexity index is 2930. The first-order valence-corrected chi connectivity index (χ1v) is 21.9. The van der Waals surface area contributed by atoms with Crippen LogP contribution < -0.4 is 14.7 Å². The predicted molar refractivity (Wildman–Crippen MR) is 253 cm³/mol. The minimum absolute atomic E-state index is 0.00579. The second-order valence-electron chi connectivity index (χ2n) is 20.9. The molecule has 304 valence electrons. The number of anilines is 9. The van der Waals surface area contributed by atoms with Crippen molar-refractivity contribution in [3.8, 4) is 0 Å². The van der Waals surface area contributed by atoms with Crippen LogP contribution in [0.25, 0.3) is 0 Å². The van der Waals surface area contributed by atoms with Gasteiger partial charge < -0.3 is 4.90 Å². The molecular weight excluding hydrogens is 743 g/mol. The summed E-state index contributed by atoms with van der Waals surface area (Å²) >= 11 is 0. The molecule has 0 bridgehead atoms. The maximum absolute atomic E-state index is 5.20. The number of fused-ring (bicyclic) bond motifs is 8. The van der Waals surface area contributed by atoms with Crippen molar-refractivity contribution < 1.29 is 0 Å². The Morgan fingerprint density at radius 2 is 0.770 bits per heavy atom. The van der Waals surface area contributed by atoms with Crippen molar-refractivity contribution in [2.75, 3.05) is 14.7 Å². The Hall–Kier alpha value is -6.20. The summed E-state index contributed by atoms with van der Waals surface area (Å²) in [4.78, 5) is 17.7. The highest BCUT2D eigenvalue weighted by molar-refractivity contribution is 5.96. The van der Waals surface area contributed by atoms with Crippen molar-refractivity contribution in [1.29, 1.82) is 0 Å². The lowest BCUT2D eigenvalue weighted by atomic mass is 9.65. The summed E-state index contributed by atoms with van der Waals surface area (Å²) < 4.78 is 0. The minimum atomic E-state index is -0.263. The van der Waals surface area contributed by atoms with Crippen LogP contribution in [0.4, 0.5) is 51.4 Å². The number of nitrogens with zero attached hydrogens (tertiary/aromatic N) is 5. The summed E-state index contributed by atoms with van der Waals surface area (Å²) in [5.41, 5.74) is 19.0. The van der Waals surface area contributed by atoms with E-state index in [4.69, 9.17) is 9.97 Å². The van der Waals surface area contributed by atoms with Gasteiger partial charge in [-0.1, -0.05) is 149 Å². The van der Waals surface area contributed by atoms with E-state index in [0.29, 0.717) is 0 Å². The molecule has 4 aliphatic rings. The molecule has 0 saturated carbocycles. The molecule has 0 radical (unpaired) electrons. The lowest BCUT2D eigenvalue weighted by Gasteiger charge is -2.50. The van der Waals surface area contributed by atoms with Crippen LogP contribution in [-0.2, 0) is 27.1 Å². The summed E-state index contributed by atoms with van der Waals surface area (Å²) in [7, 11) is 0. The average molecular weight is 798 g/mol. The molecule has 0 amide bonds. The van der Waals surface area contributed by atoms with E-state index >= 15 is 0 Å². The second kappa shape index (κ2) is 12.2. The molecule has 0 unspecified atom stereocenters. The van der Waals surface area contributed by atoms with Crippen LogP contribution in [-0.4, -0.2) is 9.97 Å². The van der Waals surface area contributed by atoms with Crippen LogP contribution >= 0.6 is 0 Å². The number of hydrogen-bond donors (Lipinski definition) is 0. The Morgan fingerprint density at radius 3 is 1.31 bits per heavy atom. The number of benzene rings is 5. The van der Waals surface area contributed by atoms with E-state index in [1.165, 1.54) is 78.5 Å². The molecule has 0 spiro atoms. The zero-order valence-corrected chi connectivity index (χ0v) is 37.4. The molecule has 6 heterocycles. The lowest BCUT2D eigenvalue weighted by Crippen LogP contribution is -2.39. The number of para-hydroxylation sites is 2. The molecule has 0 N–H and O–H groups in total. The fraction of sp³-hybridized carbons (Fsp3) is 0.286. The average Bonchev–Trinajstić information content (AvgIpc) is 3.23. The van der Waals surface area contributed by atoms with Gasteiger partial charge in [0.1, 0.15) is 11.6 Å². The standard InChI is InChI=1S/C56H55N5/c1-52(2,3)34-30-43-49-44(31-34)56(10,11)42-21-17-29-58-51(42)61(49)48-32-35(24-26-40(48)55(43,8)9)59-45-22-14-12-18-37(45)53(4,5)39-27-25-36(33-47(39)59)60-46-23-15-13-19-38(46)54(6,7)41-20-16-28-57-50(41)60/h12-33H,1-11H3. The molecule has 5 heteroatoms. The van der Waals surface area contributed by atoms with Gasteiger partial charge in [-0.2, -0.15) is 0 Å². The van der Waals surface area contributed by atoms with Gasteiger partial charge in [0.2, 0.25) is 0 Å². The van der Waals surface area contributed by atoms with Gasteiger partial charge in [-0.05, 0) is 92.9 Å². The summed E-state index contributed by atoms with van der Waals surface area (Å²) in [5, 5.41) is 0. The topological polar surface area (TPSA) is 35.5 Å². The van der Waals surface area contributed by atoms with E-state index in [1.807, 2.05) is 12.4 Å². The molecule has 5 nitrogen and oxygen atoms in total. The third-order valence-electron chi connectivity index (χ3n) is 14.8. The smallest absolute Gasteiger partial charge is 0.141 e. The maximum atomic E-state index is 5.20. The first-order chi connectivity index (χ1) is 28.9. The van der Waals surface area contributed by atoms with Crippen LogP contribution in [0, 0.1) is 0 Å². The van der Waals surface area contributed by atoms with Gasteiger partial charge in [-0.3, -0.25) is 9.80 Å². The molecule has 4 aliphatic heterocycles. The van der Waals surface area contributed by atoms with Crippen LogP contribution in [0.15, 0.2) is 134 Å². The Labute approximate surface area is 361 Å². The number of hydrogen-bond acceptors (Lipinski definition) is 5. The van der Waals surface area contributed by atoms with E-state index in [9.17, 15) is 0 Å². The first-order valence-electron chi connectivity index (χ1n) is 21.9. The van der Waals surface area contributed by atoms with Gasteiger partial charge in [-0.25, -0.2) is 9.97 Å². The molecule has 11 rings (SSSR count). The van der Waals surface area contributed by atoms with Gasteiger partial charge in [0.25, 0.3) is 0 Å².